The molecule has 0 aliphatic carbocycles. The predicted molar refractivity (Wildman–Crippen MR) is 91.3 cm³/mol. The Labute approximate surface area is 138 Å². The number of likely N-dealkylation sites (N-methyl/N-ethyl adjacent to an activating group) is 1. The number of carbonyl (C=O) groups excluding carboxylic acids is 2. The van der Waals surface area contributed by atoms with Crippen LogP contribution < -0.4 is 10.6 Å². The van der Waals surface area contributed by atoms with Crippen molar-refractivity contribution in [2.75, 3.05) is 13.1 Å². The third kappa shape index (κ3) is 4.89. The quantitative estimate of drug-likeness (QED) is 0.766. The minimum absolute atomic E-state index is 0.00337. The summed E-state index contributed by atoms with van der Waals surface area (Å²) in [5.74, 6) is 0.429. The van der Waals surface area contributed by atoms with Crippen LogP contribution in [0.3, 0.4) is 0 Å². The lowest BCUT2D eigenvalue weighted by molar-refractivity contribution is -0.120. The molecule has 0 aliphatic heterocycles. The molecule has 2 aromatic rings. The number of carbonyl (C=O) groups is 2. The SMILES string of the molecule is CCNC(=O)CNC(=O)c1ccccc1SCc1cccs1. The number of amides is 2. The van der Waals surface area contributed by atoms with Gasteiger partial charge < -0.3 is 10.6 Å². The van der Waals surface area contributed by atoms with E-state index in [1.807, 2.05) is 36.6 Å². The number of benzene rings is 1. The molecule has 6 heteroatoms. The molecule has 116 valence electrons. The van der Waals surface area contributed by atoms with E-state index in [1.165, 1.54) is 4.88 Å². The monoisotopic (exact) mass is 334 g/mol. The van der Waals surface area contributed by atoms with E-state index in [0.717, 1.165) is 10.6 Å². The molecular formula is C16H18N2O2S2. The van der Waals surface area contributed by atoms with Gasteiger partial charge in [0.05, 0.1) is 12.1 Å². The summed E-state index contributed by atoms with van der Waals surface area (Å²) in [6, 6.07) is 11.6. The summed E-state index contributed by atoms with van der Waals surface area (Å²) in [6.45, 7) is 2.40. The van der Waals surface area contributed by atoms with Gasteiger partial charge in [0.15, 0.2) is 0 Å². The molecule has 22 heavy (non-hydrogen) atoms. The van der Waals surface area contributed by atoms with Crippen molar-refractivity contribution in [3.8, 4) is 0 Å². The number of hydrogen-bond acceptors (Lipinski definition) is 4. The molecule has 0 aliphatic rings. The highest BCUT2D eigenvalue weighted by atomic mass is 32.2. The van der Waals surface area contributed by atoms with Gasteiger partial charge in [-0.15, -0.1) is 23.1 Å². The second-order valence-electron chi connectivity index (χ2n) is 4.50. The first-order chi connectivity index (χ1) is 10.7. The molecule has 1 aromatic heterocycles. The van der Waals surface area contributed by atoms with Crippen LogP contribution in [0, 0.1) is 0 Å². The first-order valence-corrected chi connectivity index (χ1v) is 8.86. The molecule has 2 N–H and O–H groups in total. The van der Waals surface area contributed by atoms with Crippen molar-refractivity contribution in [2.45, 2.75) is 17.6 Å². The zero-order chi connectivity index (χ0) is 15.8. The fourth-order valence-electron chi connectivity index (χ4n) is 1.84. The van der Waals surface area contributed by atoms with Gasteiger partial charge in [-0.2, -0.15) is 0 Å². The van der Waals surface area contributed by atoms with Crippen LogP contribution in [0.2, 0.25) is 0 Å². The largest absolute Gasteiger partial charge is 0.355 e. The van der Waals surface area contributed by atoms with Gasteiger partial charge in [0, 0.05) is 22.1 Å². The Morgan fingerprint density at radius 2 is 1.95 bits per heavy atom. The highest BCUT2D eigenvalue weighted by molar-refractivity contribution is 7.98. The summed E-state index contributed by atoms with van der Waals surface area (Å²) in [7, 11) is 0. The molecule has 0 saturated heterocycles. The number of hydrogen-bond donors (Lipinski definition) is 2. The second kappa shape index (κ2) is 8.60. The van der Waals surface area contributed by atoms with Crippen LogP contribution in [0.4, 0.5) is 0 Å². The molecule has 4 nitrogen and oxygen atoms in total. The van der Waals surface area contributed by atoms with E-state index in [4.69, 9.17) is 0 Å². The van der Waals surface area contributed by atoms with Gasteiger partial charge in [0.1, 0.15) is 0 Å². The summed E-state index contributed by atoms with van der Waals surface area (Å²) in [6.07, 6.45) is 0. The van der Waals surface area contributed by atoms with Crippen LogP contribution in [-0.4, -0.2) is 24.9 Å². The van der Waals surface area contributed by atoms with E-state index >= 15 is 0 Å². The third-order valence-corrected chi connectivity index (χ3v) is 5.05. The van der Waals surface area contributed by atoms with Crippen molar-refractivity contribution < 1.29 is 9.59 Å². The molecule has 2 rings (SSSR count). The minimum atomic E-state index is -0.222. The Kier molecular flexibility index (Phi) is 6.48. The average Bonchev–Trinajstić information content (AvgIpc) is 3.04. The van der Waals surface area contributed by atoms with E-state index in [2.05, 4.69) is 16.7 Å². The van der Waals surface area contributed by atoms with Crippen LogP contribution in [0.1, 0.15) is 22.2 Å². The third-order valence-electron chi connectivity index (χ3n) is 2.87. The molecule has 1 heterocycles. The second-order valence-corrected chi connectivity index (χ2v) is 6.55. The number of rotatable bonds is 7. The maximum Gasteiger partial charge on any atom is 0.252 e. The van der Waals surface area contributed by atoms with Crippen LogP contribution in [0.5, 0.6) is 0 Å². The lowest BCUT2D eigenvalue weighted by Gasteiger charge is -2.09. The lowest BCUT2D eigenvalue weighted by atomic mass is 10.2. The zero-order valence-electron chi connectivity index (χ0n) is 12.3. The summed E-state index contributed by atoms with van der Waals surface area (Å²) in [4.78, 5) is 25.8. The fourth-order valence-corrected chi connectivity index (χ4v) is 3.66. The smallest absolute Gasteiger partial charge is 0.252 e. The van der Waals surface area contributed by atoms with Crippen molar-refractivity contribution >= 4 is 34.9 Å². The highest BCUT2D eigenvalue weighted by Crippen LogP contribution is 2.27. The van der Waals surface area contributed by atoms with Crippen LogP contribution >= 0.6 is 23.1 Å². The van der Waals surface area contributed by atoms with E-state index in [1.54, 1.807) is 29.2 Å². The molecule has 0 atom stereocenters. The van der Waals surface area contributed by atoms with Gasteiger partial charge in [0.25, 0.3) is 5.91 Å². The van der Waals surface area contributed by atoms with Crippen molar-refractivity contribution in [1.29, 1.82) is 0 Å². The Balaban J connectivity index is 1.97. The number of thioether (sulfide) groups is 1. The molecule has 0 saturated carbocycles. The number of thiophene rings is 1. The summed E-state index contributed by atoms with van der Waals surface area (Å²) in [5.41, 5.74) is 0.605. The number of nitrogens with one attached hydrogen (secondary N) is 2. The average molecular weight is 334 g/mol. The standard InChI is InChI=1S/C16H18N2O2S2/c1-2-17-15(19)10-18-16(20)13-7-3-4-8-14(13)22-11-12-6-5-9-21-12/h3-9H,2,10-11H2,1H3,(H,17,19)(H,18,20). The van der Waals surface area contributed by atoms with Crippen LogP contribution in [0.25, 0.3) is 0 Å². The van der Waals surface area contributed by atoms with E-state index in [-0.39, 0.29) is 18.4 Å². The van der Waals surface area contributed by atoms with Gasteiger partial charge in [-0.1, -0.05) is 18.2 Å². The van der Waals surface area contributed by atoms with Crippen molar-refractivity contribution in [1.82, 2.24) is 10.6 Å². The first-order valence-electron chi connectivity index (χ1n) is 6.99. The van der Waals surface area contributed by atoms with Crippen molar-refractivity contribution in [3.05, 3.63) is 52.2 Å². The molecule has 2 amide bonds. The van der Waals surface area contributed by atoms with Crippen molar-refractivity contribution in [2.24, 2.45) is 0 Å². The predicted octanol–water partition coefficient (Wildman–Crippen LogP) is 2.91. The lowest BCUT2D eigenvalue weighted by Crippen LogP contribution is -2.36. The Bertz CT molecular complexity index is 627. The van der Waals surface area contributed by atoms with E-state index in [9.17, 15) is 9.59 Å². The maximum atomic E-state index is 12.2. The van der Waals surface area contributed by atoms with Gasteiger partial charge in [-0.25, -0.2) is 0 Å². The maximum absolute atomic E-state index is 12.2. The minimum Gasteiger partial charge on any atom is -0.355 e. The van der Waals surface area contributed by atoms with Crippen molar-refractivity contribution in [3.63, 3.8) is 0 Å². The summed E-state index contributed by atoms with van der Waals surface area (Å²) >= 11 is 3.33. The molecule has 0 unspecified atom stereocenters. The van der Waals surface area contributed by atoms with E-state index in [0.29, 0.717) is 12.1 Å². The zero-order valence-corrected chi connectivity index (χ0v) is 13.9. The molecule has 0 spiro atoms. The van der Waals surface area contributed by atoms with Crippen LogP contribution in [0.15, 0.2) is 46.7 Å². The topological polar surface area (TPSA) is 58.2 Å². The molecule has 0 bridgehead atoms. The summed E-state index contributed by atoms with van der Waals surface area (Å²) in [5, 5.41) is 7.35. The first kappa shape index (κ1) is 16.6. The Morgan fingerprint density at radius 3 is 2.68 bits per heavy atom. The molecule has 0 radical (unpaired) electrons. The Hall–Kier alpha value is -1.79. The van der Waals surface area contributed by atoms with Gasteiger partial charge >= 0.3 is 0 Å². The normalized spacial score (nSPS) is 10.2. The molecular weight excluding hydrogens is 316 g/mol. The molecule has 1 aromatic carbocycles. The highest BCUT2D eigenvalue weighted by Gasteiger charge is 2.12. The van der Waals surface area contributed by atoms with Gasteiger partial charge in [-0.3, -0.25) is 9.59 Å². The van der Waals surface area contributed by atoms with Crippen LogP contribution in [-0.2, 0) is 10.5 Å². The summed E-state index contributed by atoms with van der Waals surface area (Å²) < 4.78 is 0. The van der Waals surface area contributed by atoms with Gasteiger partial charge in [0.2, 0.25) is 5.91 Å². The van der Waals surface area contributed by atoms with E-state index < -0.39 is 0 Å². The Morgan fingerprint density at radius 1 is 1.14 bits per heavy atom. The van der Waals surface area contributed by atoms with Gasteiger partial charge in [-0.05, 0) is 30.5 Å². The fraction of sp³-hybridized carbons (Fsp3) is 0.250. The molecule has 0 fully saturated rings.